The van der Waals surface area contributed by atoms with E-state index in [1.165, 1.54) is 35.6 Å². The summed E-state index contributed by atoms with van der Waals surface area (Å²) in [7, 11) is 0. The van der Waals surface area contributed by atoms with E-state index >= 15 is 0 Å². The van der Waals surface area contributed by atoms with E-state index in [0.29, 0.717) is 38.7 Å². The van der Waals surface area contributed by atoms with Gasteiger partial charge in [0.2, 0.25) is 5.78 Å². The fourth-order valence-corrected chi connectivity index (χ4v) is 6.42. The molecule has 0 unspecified atom stereocenters. The van der Waals surface area contributed by atoms with Crippen LogP contribution in [0.1, 0.15) is 28.1 Å². The molecular weight excluding hydrogens is 614 g/mol. The van der Waals surface area contributed by atoms with Gasteiger partial charge < -0.3 is 9.57 Å². The number of halogens is 2. The zero-order valence-electron chi connectivity index (χ0n) is 24.1. The monoisotopic (exact) mass is 638 g/mol. The van der Waals surface area contributed by atoms with Gasteiger partial charge in [0.25, 0.3) is 5.09 Å². The van der Waals surface area contributed by atoms with Crippen molar-refractivity contribution in [2.24, 2.45) is 5.41 Å². The van der Waals surface area contributed by atoms with Gasteiger partial charge in [0.1, 0.15) is 29.7 Å². The van der Waals surface area contributed by atoms with E-state index < -0.39 is 5.09 Å². The highest BCUT2D eigenvalue weighted by Crippen LogP contribution is 2.47. The van der Waals surface area contributed by atoms with Gasteiger partial charge in [0.05, 0.1) is 23.4 Å². The predicted octanol–water partition coefficient (Wildman–Crippen LogP) is 7.69. The van der Waals surface area contributed by atoms with Crippen molar-refractivity contribution in [1.29, 1.82) is 0 Å². The molecule has 6 aromatic rings. The van der Waals surface area contributed by atoms with Crippen LogP contribution in [0, 0.1) is 27.2 Å². The Labute approximate surface area is 264 Å². The number of carbonyl (C=O) groups is 1. The zero-order chi connectivity index (χ0) is 31.8. The first-order valence-electron chi connectivity index (χ1n) is 14.3. The number of hydrogen-bond acceptors (Lipinski definition) is 8. The van der Waals surface area contributed by atoms with Gasteiger partial charge in [-0.25, -0.2) is 13.5 Å². The highest BCUT2D eigenvalue weighted by molar-refractivity contribution is 7.21. The Balaban J connectivity index is 1.17. The summed E-state index contributed by atoms with van der Waals surface area (Å²) >= 11 is 1.32. The lowest BCUT2D eigenvalue weighted by Gasteiger charge is -2.15. The number of ether oxygens (including phenoxy) is 1. The molecule has 7 rings (SSSR count). The molecule has 9 nitrogen and oxygen atoms in total. The molecule has 4 aromatic carbocycles. The first-order chi connectivity index (χ1) is 22.3. The first-order valence-corrected chi connectivity index (χ1v) is 15.1. The van der Waals surface area contributed by atoms with Crippen LogP contribution in [-0.2, 0) is 4.84 Å². The van der Waals surface area contributed by atoms with Crippen molar-refractivity contribution in [3.05, 3.63) is 129 Å². The fourth-order valence-electron chi connectivity index (χ4n) is 5.20. The van der Waals surface area contributed by atoms with Gasteiger partial charge in [0, 0.05) is 32.2 Å². The van der Waals surface area contributed by atoms with E-state index in [1.54, 1.807) is 65.5 Å². The minimum atomic E-state index is -0.790. The van der Waals surface area contributed by atoms with Crippen LogP contribution in [-0.4, -0.2) is 39.1 Å². The second kappa shape index (κ2) is 11.8. The number of aromatic nitrogens is 3. The smallest absolute Gasteiger partial charge is 0.294 e. The number of hydrogen-bond donors (Lipinski definition) is 0. The molecule has 1 fully saturated rings. The molecule has 46 heavy (non-hydrogen) atoms. The largest absolute Gasteiger partial charge is 0.493 e. The van der Waals surface area contributed by atoms with Gasteiger partial charge in [-0.05, 0) is 73.0 Å². The standard InChI is InChI=1S/C34H24F2N4O5S/c35-24-7-5-22(6-8-24)31-28-14-13-27(44-19-34(15-16-34)20-45-40(42)43)17-30(28)46-33(31)32(41)23-3-1-21(2-4-23)29-18-39(38-37-29)26-11-9-25(36)10-12-26/h1-14,17-18H,15-16,19-20H2. The van der Waals surface area contributed by atoms with E-state index in [4.69, 9.17) is 4.74 Å². The Morgan fingerprint density at radius 2 is 1.59 bits per heavy atom. The number of fused-ring (bicyclic) bond motifs is 1. The summed E-state index contributed by atoms with van der Waals surface area (Å²) < 4.78 is 35.5. The molecule has 1 aliphatic rings. The first kappa shape index (κ1) is 29.2. The summed E-state index contributed by atoms with van der Waals surface area (Å²) in [5, 5.41) is 19.0. The highest BCUT2D eigenvalue weighted by atomic mass is 32.1. The SMILES string of the molecule is O=C(c1ccc(-c2cn(-c3ccc(F)cc3)nn2)cc1)c1sc2cc(OCC3(CO[N+](=O)[O-])CC3)ccc2c1-c1ccc(F)cc1. The second-order valence-corrected chi connectivity index (χ2v) is 12.2. The molecule has 0 bridgehead atoms. The minimum absolute atomic E-state index is 0.0138. The van der Waals surface area contributed by atoms with Crippen LogP contribution < -0.4 is 4.74 Å². The van der Waals surface area contributed by atoms with E-state index in [-0.39, 0.29) is 36.0 Å². The van der Waals surface area contributed by atoms with Crippen molar-refractivity contribution in [3.63, 3.8) is 0 Å². The molecular formula is C34H24F2N4O5S. The number of ketones is 1. The summed E-state index contributed by atoms with van der Waals surface area (Å²) in [4.78, 5) is 29.7. The van der Waals surface area contributed by atoms with E-state index in [9.17, 15) is 23.7 Å². The maximum atomic E-state index is 14.0. The van der Waals surface area contributed by atoms with Crippen LogP contribution in [0.4, 0.5) is 8.78 Å². The van der Waals surface area contributed by atoms with Crippen molar-refractivity contribution >= 4 is 27.2 Å². The second-order valence-electron chi connectivity index (χ2n) is 11.2. The molecule has 230 valence electrons. The third-order valence-electron chi connectivity index (χ3n) is 8.01. The molecule has 2 aromatic heterocycles. The summed E-state index contributed by atoms with van der Waals surface area (Å²) in [6.07, 6.45) is 3.28. The quantitative estimate of drug-likeness (QED) is 0.0813. The van der Waals surface area contributed by atoms with Gasteiger partial charge >= 0.3 is 0 Å². The van der Waals surface area contributed by atoms with Crippen LogP contribution in [0.3, 0.4) is 0 Å². The molecule has 0 aliphatic heterocycles. The Morgan fingerprint density at radius 1 is 0.913 bits per heavy atom. The molecule has 0 spiro atoms. The Bertz CT molecular complexity index is 2070. The molecule has 0 atom stereocenters. The average molecular weight is 639 g/mol. The molecule has 0 amide bonds. The third kappa shape index (κ3) is 5.94. The van der Waals surface area contributed by atoms with Crippen LogP contribution in [0.25, 0.3) is 38.2 Å². The number of benzene rings is 4. The number of thiophene rings is 1. The van der Waals surface area contributed by atoms with E-state index in [0.717, 1.165) is 28.5 Å². The summed E-state index contributed by atoms with van der Waals surface area (Å²) in [5.74, 6) is -0.347. The van der Waals surface area contributed by atoms with Crippen LogP contribution >= 0.6 is 11.3 Å². The van der Waals surface area contributed by atoms with Crippen LogP contribution in [0.5, 0.6) is 5.75 Å². The van der Waals surface area contributed by atoms with Crippen molar-refractivity contribution in [1.82, 2.24) is 15.0 Å². The lowest BCUT2D eigenvalue weighted by atomic mass is 9.97. The Hall–Kier alpha value is -5.49. The average Bonchev–Trinajstić information content (AvgIpc) is 3.49. The van der Waals surface area contributed by atoms with E-state index in [1.807, 2.05) is 12.1 Å². The molecule has 1 saturated carbocycles. The summed E-state index contributed by atoms with van der Waals surface area (Å²) in [6, 6.07) is 24.5. The lowest BCUT2D eigenvalue weighted by Crippen LogP contribution is -2.21. The summed E-state index contributed by atoms with van der Waals surface area (Å²) in [6.45, 7) is 0.262. The molecule has 12 heteroatoms. The normalized spacial score (nSPS) is 13.4. The molecule has 0 radical (unpaired) electrons. The molecule has 0 saturated heterocycles. The van der Waals surface area contributed by atoms with Gasteiger partial charge in [-0.2, -0.15) is 0 Å². The maximum absolute atomic E-state index is 14.0. The minimum Gasteiger partial charge on any atom is -0.493 e. The fraction of sp³-hybridized carbons (Fsp3) is 0.147. The van der Waals surface area contributed by atoms with Gasteiger partial charge in [0.15, 0.2) is 0 Å². The summed E-state index contributed by atoms with van der Waals surface area (Å²) in [5.41, 5.74) is 3.48. The predicted molar refractivity (Wildman–Crippen MR) is 168 cm³/mol. The number of nitrogens with zero attached hydrogens (tertiary/aromatic N) is 4. The van der Waals surface area contributed by atoms with Crippen LogP contribution in [0.15, 0.2) is 97.2 Å². The van der Waals surface area contributed by atoms with Crippen LogP contribution in [0.2, 0.25) is 0 Å². The maximum Gasteiger partial charge on any atom is 0.294 e. The Kier molecular flexibility index (Phi) is 7.49. The Morgan fingerprint density at radius 3 is 2.26 bits per heavy atom. The highest BCUT2D eigenvalue weighted by Gasteiger charge is 2.44. The number of carbonyl (C=O) groups excluding carboxylic acids is 1. The van der Waals surface area contributed by atoms with Crippen molar-refractivity contribution in [3.8, 4) is 33.8 Å². The zero-order valence-corrected chi connectivity index (χ0v) is 24.9. The van der Waals surface area contributed by atoms with E-state index in [2.05, 4.69) is 15.1 Å². The van der Waals surface area contributed by atoms with Crippen molar-refractivity contribution < 1.29 is 28.2 Å². The molecule has 1 aliphatic carbocycles. The number of rotatable bonds is 11. The third-order valence-corrected chi connectivity index (χ3v) is 9.16. The van der Waals surface area contributed by atoms with Crippen molar-refractivity contribution in [2.45, 2.75) is 12.8 Å². The lowest BCUT2D eigenvalue weighted by molar-refractivity contribution is -0.760. The molecule has 2 heterocycles. The van der Waals surface area contributed by atoms with Gasteiger partial charge in [-0.3, -0.25) is 4.79 Å². The van der Waals surface area contributed by atoms with Gasteiger partial charge in [-0.15, -0.1) is 26.5 Å². The molecule has 0 N–H and O–H groups in total. The van der Waals surface area contributed by atoms with Gasteiger partial charge in [-0.1, -0.05) is 41.6 Å². The topological polar surface area (TPSA) is 109 Å². The van der Waals surface area contributed by atoms with Crippen molar-refractivity contribution in [2.75, 3.05) is 13.2 Å².